The van der Waals surface area contributed by atoms with Crippen LogP contribution in [0.1, 0.15) is 24.4 Å². The predicted molar refractivity (Wildman–Crippen MR) is 88.9 cm³/mol. The minimum atomic E-state index is -4.13. The monoisotopic (exact) mass is 420 g/mol. The van der Waals surface area contributed by atoms with E-state index in [9.17, 15) is 13.2 Å². The average Bonchev–Trinajstić information content (AvgIpc) is 2.43. The molecule has 0 aromatic heterocycles. The SMILES string of the molecule is Cl.FC(F)(F)CC[C@@H](c1ccc(Cl)c(Br)c1)N1CCNCC1. The van der Waals surface area contributed by atoms with Gasteiger partial charge in [0.2, 0.25) is 0 Å². The van der Waals surface area contributed by atoms with E-state index in [0.717, 1.165) is 31.7 Å². The van der Waals surface area contributed by atoms with Crippen LogP contribution in [0.15, 0.2) is 22.7 Å². The Morgan fingerprint density at radius 3 is 2.45 bits per heavy atom. The summed E-state index contributed by atoms with van der Waals surface area (Å²) in [4.78, 5) is 2.11. The molecule has 1 atom stereocenters. The maximum Gasteiger partial charge on any atom is 0.389 e. The number of hydrogen-bond acceptors (Lipinski definition) is 2. The third-order valence-electron chi connectivity index (χ3n) is 3.62. The first-order chi connectivity index (χ1) is 9.87. The Morgan fingerprint density at radius 1 is 1.27 bits per heavy atom. The smallest absolute Gasteiger partial charge is 0.314 e. The van der Waals surface area contributed by atoms with Crippen LogP contribution in [0, 0.1) is 0 Å². The summed E-state index contributed by atoms with van der Waals surface area (Å²) in [5, 5.41) is 3.78. The van der Waals surface area contributed by atoms with Crippen LogP contribution in [-0.4, -0.2) is 37.3 Å². The lowest BCUT2D eigenvalue weighted by Gasteiger charge is -2.35. The largest absolute Gasteiger partial charge is 0.389 e. The maximum atomic E-state index is 12.6. The van der Waals surface area contributed by atoms with Gasteiger partial charge in [0.25, 0.3) is 0 Å². The summed E-state index contributed by atoms with van der Waals surface area (Å²) < 4.78 is 38.5. The molecule has 0 saturated carbocycles. The molecule has 0 aliphatic carbocycles. The molecule has 0 unspecified atom stereocenters. The topological polar surface area (TPSA) is 15.3 Å². The second kappa shape index (κ2) is 8.73. The highest BCUT2D eigenvalue weighted by Crippen LogP contribution is 2.34. The Hall–Kier alpha value is -0.0100. The van der Waals surface area contributed by atoms with Crippen LogP contribution in [0.4, 0.5) is 13.2 Å². The third kappa shape index (κ3) is 5.89. The molecule has 1 N–H and O–H groups in total. The molecule has 0 amide bonds. The quantitative estimate of drug-likeness (QED) is 0.750. The average molecular weight is 422 g/mol. The lowest BCUT2D eigenvalue weighted by Crippen LogP contribution is -2.45. The molecule has 1 aliphatic rings. The van der Waals surface area contributed by atoms with Gasteiger partial charge in [0.1, 0.15) is 0 Å². The minimum absolute atomic E-state index is 0. The van der Waals surface area contributed by atoms with E-state index in [2.05, 4.69) is 26.1 Å². The molecule has 2 nitrogen and oxygen atoms in total. The Kier molecular flexibility index (Phi) is 7.95. The Morgan fingerprint density at radius 2 is 1.91 bits per heavy atom. The first-order valence-electron chi connectivity index (χ1n) is 6.83. The highest BCUT2D eigenvalue weighted by Gasteiger charge is 2.31. The molecule has 1 aromatic carbocycles. The number of nitrogens with zero attached hydrogens (tertiary/aromatic N) is 1. The zero-order valence-corrected chi connectivity index (χ0v) is 15.0. The van der Waals surface area contributed by atoms with Gasteiger partial charge in [-0.25, -0.2) is 0 Å². The number of piperazine rings is 1. The van der Waals surface area contributed by atoms with E-state index in [4.69, 9.17) is 11.6 Å². The highest BCUT2D eigenvalue weighted by atomic mass is 79.9. The van der Waals surface area contributed by atoms with Gasteiger partial charge in [-0.15, -0.1) is 12.4 Å². The van der Waals surface area contributed by atoms with Crippen molar-refractivity contribution in [3.63, 3.8) is 0 Å². The van der Waals surface area contributed by atoms with Crippen molar-refractivity contribution >= 4 is 39.9 Å². The van der Waals surface area contributed by atoms with E-state index >= 15 is 0 Å². The van der Waals surface area contributed by atoms with Gasteiger partial charge in [0, 0.05) is 43.1 Å². The number of hydrogen-bond donors (Lipinski definition) is 1. The molecule has 1 saturated heterocycles. The molecular formula is C14H18BrCl2F3N2. The van der Waals surface area contributed by atoms with E-state index in [1.165, 1.54) is 0 Å². The highest BCUT2D eigenvalue weighted by molar-refractivity contribution is 9.10. The molecule has 0 bridgehead atoms. The number of rotatable bonds is 4. The van der Waals surface area contributed by atoms with Gasteiger partial charge in [-0.1, -0.05) is 17.7 Å². The fourth-order valence-corrected chi connectivity index (χ4v) is 3.09. The third-order valence-corrected chi connectivity index (χ3v) is 4.84. The standard InChI is InChI=1S/C14H17BrClF3N2.ClH/c15-11-9-10(1-2-12(11)16)13(3-4-14(17,18)19)21-7-5-20-6-8-21;/h1-2,9,13,20H,3-8H2;1H/t13-;/m0./s1. The molecule has 0 radical (unpaired) electrons. The number of nitrogens with one attached hydrogen (secondary N) is 1. The Bertz CT molecular complexity index is 480. The normalized spacial score (nSPS) is 17.9. The van der Waals surface area contributed by atoms with Crippen molar-refractivity contribution in [2.75, 3.05) is 26.2 Å². The minimum Gasteiger partial charge on any atom is -0.314 e. The van der Waals surface area contributed by atoms with E-state index in [-0.39, 0.29) is 24.9 Å². The van der Waals surface area contributed by atoms with Gasteiger partial charge in [-0.2, -0.15) is 13.2 Å². The maximum absolute atomic E-state index is 12.6. The number of alkyl halides is 3. The van der Waals surface area contributed by atoms with Gasteiger partial charge < -0.3 is 5.32 Å². The fourth-order valence-electron chi connectivity index (χ4n) is 2.57. The molecule has 8 heteroatoms. The van der Waals surface area contributed by atoms with Crippen LogP contribution in [0.5, 0.6) is 0 Å². The summed E-state index contributed by atoms with van der Waals surface area (Å²) in [6.45, 7) is 3.11. The van der Waals surface area contributed by atoms with E-state index < -0.39 is 12.6 Å². The van der Waals surface area contributed by atoms with Gasteiger partial charge in [0.15, 0.2) is 0 Å². The predicted octanol–water partition coefficient (Wildman–Crippen LogP) is 4.81. The van der Waals surface area contributed by atoms with Crippen molar-refractivity contribution < 1.29 is 13.2 Å². The lowest BCUT2D eigenvalue weighted by molar-refractivity contribution is -0.138. The summed E-state index contributed by atoms with van der Waals surface area (Å²) in [5.41, 5.74) is 0.873. The van der Waals surface area contributed by atoms with Crippen molar-refractivity contribution in [2.24, 2.45) is 0 Å². The van der Waals surface area contributed by atoms with Crippen LogP contribution >= 0.6 is 39.9 Å². The Balaban J connectivity index is 0.00000242. The molecule has 2 rings (SSSR count). The summed E-state index contributed by atoms with van der Waals surface area (Å²) in [5.74, 6) is 0. The summed E-state index contributed by atoms with van der Waals surface area (Å²) in [6.07, 6.45) is -4.84. The lowest BCUT2D eigenvalue weighted by atomic mass is 9.99. The van der Waals surface area contributed by atoms with Gasteiger partial charge in [-0.3, -0.25) is 4.90 Å². The van der Waals surface area contributed by atoms with Crippen LogP contribution < -0.4 is 5.32 Å². The zero-order chi connectivity index (χ0) is 15.5. The first kappa shape index (κ1) is 20.0. The van der Waals surface area contributed by atoms with Crippen LogP contribution in [0.3, 0.4) is 0 Å². The van der Waals surface area contributed by atoms with Crippen molar-refractivity contribution in [3.8, 4) is 0 Å². The van der Waals surface area contributed by atoms with E-state index in [1.54, 1.807) is 6.07 Å². The van der Waals surface area contributed by atoms with Crippen molar-refractivity contribution in [2.45, 2.75) is 25.1 Å². The fraction of sp³-hybridized carbons (Fsp3) is 0.571. The molecule has 1 aromatic rings. The molecule has 1 heterocycles. The van der Waals surface area contributed by atoms with Crippen molar-refractivity contribution in [1.29, 1.82) is 0 Å². The van der Waals surface area contributed by atoms with E-state index in [0.29, 0.717) is 9.50 Å². The number of benzene rings is 1. The second-order valence-corrected chi connectivity index (χ2v) is 6.39. The van der Waals surface area contributed by atoms with Gasteiger partial charge in [-0.05, 0) is 40.0 Å². The van der Waals surface area contributed by atoms with Crippen LogP contribution in [-0.2, 0) is 0 Å². The van der Waals surface area contributed by atoms with Crippen molar-refractivity contribution in [3.05, 3.63) is 33.3 Å². The second-order valence-electron chi connectivity index (χ2n) is 5.13. The van der Waals surface area contributed by atoms with Crippen molar-refractivity contribution in [1.82, 2.24) is 10.2 Å². The zero-order valence-electron chi connectivity index (χ0n) is 11.8. The number of halogens is 6. The molecule has 0 spiro atoms. The van der Waals surface area contributed by atoms with Gasteiger partial charge >= 0.3 is 6.18 Å². The molecule has 22 heavy (non-hydrogen) atoms. The van der Waals surface area contributed by atoms with Crippen LogP contribution in [0.25, 0.3) is 0 Å². The van der Waals surface area contributed by atoms with Gasteiger partial charge in [0.05, 0.1) is 5.02 Å². The summed E-state index contributed by atoms with van der Waals surface area (Å²) >= 11 is 9.31. The summed E-state index contributed by atoms with van der Waals surface area (Å²) in [7, 11) is 0. The molecule has 126 valence electrons. The van der Waals surface area contributed by atoms with Crippen LogP contribution in [0.2, 0.25) is 5.02 Å². The molecule has 1 fully saturated rings. The summed E-state index contributed by atoms with van der Waals surface area (Å²) in [6, 6.07) is 5.13. The molecular weight excluding hydrogens is 404 g/mol. The van der Waals surface area contributed by atoms with E-state index in [1.807, 2.05) is 12.1 Å². The Labute approximate surface area is 147 Å². The first-order valence-corrected chi connectivity index (χ1v) is 8.00. The molecule has 1 aliphatic heterocycles.